The maximum atomic E-state index is 12.6. The second-order valence-electron chi connectivity index (χ2n) is 7.23. The summed E-state index contributed by atoms with van der Waals surface area (Å²) >= 11 is 0. The number of nitro groups is 2. The number of Topliss-reactive ketones (excluding diaryl/α,β-unsaturated/α-hetero) is 1. The van der Waals surface area contributed by atoms with E-state index in [0.717, 1.165) is 12.1 Å². The number of phenolic OH excluding ortho intramolecular Hbond substituents is 2. The van der Waals surface area contributed by atoms with Crippen LogP contribution in [0.25, 0.3) is 0 Å². The minimum atomic E-state index is -0.889. The van der Waals surface area contributed by atoms with Gasteiger partial charge in [-0.25, -0.2) is 0 Å². The van der Waals surface area contributed by atoms with Crippen molar-refractivity contribution in [1.29, 1.82) is 0 Å². The molecular formula is C20H21ClN4O8. The molecule has 0 atom stereocenters. The lowest BCUT2D eigenvalue weighted by Crippen LogP contribution is -2.49. The summed E-state index contributed by atoms with van der Waals surface area (Å²) in [5, 5.41) is 40.8. The molecule has 0 spiro atoms. The molecule has 176 valence electrons. The zero-order chi connectivity index (χ0) is 23.4. The summed E-state index contributed by atoms with van der Waals surface area (Å²) in [6.07, 6.45) is 0.0394. The van der Waals surface area contributed by atoms with Crippen molar-refractivity contribution in [3.05, 3.63) is 67.8 Å². The number of amides is 1. The van der Waals surface area contributed by atoms with Crippen LogP contribution in [0.15, 0.2) is 36.4 Å². The number of non-ortho nitro benzene ring substituents is 1. The zero-order valence-corrected chi connectivity index (χ0v) is 18.1. The van der Waals surface area contributed by atoms with Gasteiger partial charge in [0, 0.05) is 68.5 Å². The average Bonchev–Trinajstić information content (AvgIpc) is 2.78. The van der Waals surface area contributed by atoms with Crippen LogP contribution in [-0.2, 0) is 0 Å². The predicted octanol–water partition coefficient (Wildman–Crippen LogP) is 2.37. The lowest BCUT2D eigenvalue weighted by atomic mass is 10.1. The van der Waals surface area contributed by atoms with Gasteiger partial charge >= 0.3 is 5.69 Å². The van der Waals surface area contributed by atoms with Crippen LogP contribution in [0, 0.1) is 20.2 Å². The zero-order valence-electron chi connectivity index (χ0n) is 17.2. The Bertz CT molecular complexity index is 1070. The summed E-state index contributed by atoms with van der Waals surface area (Å²) < 4.78 is 0. The molecule has 1 amide bonds. The minimum Gasteiger partial charge on any atom is -0.504 e. The van der Waals surface area contributed by atoms with Crippen molar-refractivity contribution in [1.82, 2.24) is 9.80 Å². The van der Waals surface area contributed by atoms with Gasteiger partial charge in [0.1, 0.15) is 0 Å². The van der Waals surface area contributed by atoms with Crippen LogP contribution in [0.2, 0.25) is 0 Å². The lowest BCUT2D eigenvalue weighted by molar-refractivity contribution is -0.386. The topological polar surface area (TPSA) is 167 Å². The summed E-state index contributed by atoms with van der Waals surface area (Å²) in [7, 11) is 0. The largest absolute Gasteiger partial charge is 0.504 e. The maximum absolute atomic E-state index is 12.6. The normalized spacial score (nSPS) is 13.8. The van der Waals surface area contributed by atoms with Crippen LogP contribution < -0.4 is 0 Å². The monoisotopic (exact) mass is 480 g/mol. The minimum absolute atomic E-state index is 0. The van der Waals surface area contributed by atoms with Gasteiger partial charge in [0.05, 0.1) is 9.85 Å². The van der Waals surface area contributed by atoms with Gasteiger partial charge in [-0.3, -0.25) is 34.7 Å². The Morgan fingerprint density at radius 2 is 1.52 bits per heavy atom. The highest BCUT2D eigenvalue weighted by molar-refractivity contribution is 5.97. The van der Waals surface area contributed by atoms with Gasteiger partial charge in [0.15, 0.2) is 11.5 Å². The number of benzene rings is 2. The molecule has 2 aromatic rings. The summed E-state index contributed by atoms with van der Waals surface area (Å²) in [5.74, 6) is -2.28. The first-order chi connectivity index (χ1) is 15.2. The van der Waals surface area contributed by atoms with Crippen LogP contribution in [0.1, 0.15) is 27.1 Å². The highest BCUT2D eigenvalue weighted by Crippen LogP contribution is 2.36. The highest BCUT2D eigenvalue weighted by atomic mass is 35.5. The van der Waals surface area contributed by atoms with E-state index in [-0.39, 0.29) is 36.0 Å². The van der Waals surface area contributed by atoms with Crippen molar-refractivity contribution < 1.29 is 29.6 Å². The van der Waals surface area contributed by atoms with Crippen molar-refractivity contribution in [2.75, 3.05) is 32.7 Å². The molecule has 3 rings (SSSR count). The number of phenols is 2. The molecule has 0 bridgehead atoms. The standard InChI is InChI=1S/C20H20N4O8.ClH/c25-17(14-11-16(24(31)32)19(27)18(26)12-14)5-6-21-7-9-22(10-8-21)20(28)13-1-3-15(4-2-13)23(29)30;/h1-4,11-12,26-27H,5-10H2;1H. The third-order valence-corrected chi connectivity index (χ3v) is 5.23. The molecule has 2 N–H and O–H groups in total. The number of hydrogen-bond acceptors (Lipinski definition) is 9. The Morgan fingerprint density at radius 3 is 2.06 bits per heavy atom. The Morgan fingerprint density at radius 1 is 0.909 bits per heavy atom. The number of ketones is 1. The molecule has 2 aromatic carbocycles. The van der Waals surface area contributed by atoms with Gasteiger partial charge in [-0.2, -0.15) is 0 Å². The molecule has 0 radical (unpaired) electrons. The van der Waals surface area contributed by atoms with Crippen molar-refractivity contribution in [2.24, 2.45) is 0 Å². The van der Waals surface area contributed by atoms with Crippen LogP contribution in [-0.4, -0.2) is 74.3 Å². The van der Waals surface area contributed by atoms with Crippen molar-refractivity contribution >= 4 is 35.5 Å². The molecule has 1 saturated heterocycles. The first kappa shape index (κ1) is 25.5. The van der Waals surface area contributed by atoms with Crippen molar-refractivity contribution in [3.8, 4) is 11.5 Å². The third kappa shape index (κ3) is 5.93. The summed E-state index contributed by atoms with van der Waals surface area (Å²) in [4.78, 5) is 48.8. The summed E-state index contributed by atoms with van der Waals surface area (Å²) in [6.45, 7) is 2.19. The van der Waals surface area contributed by atoms with Crippen molar-refractivity contribution in [2.45, 2.75) is 6.42 Å². The van der Waals surface area contributed by atoms with Crippen LogP contribution in [0.4, 0.5) is 11.4 Å². The smallest absolute Gasteiger partial charge is 0.315 e. The molecular weight excluding hydrogens is 460 g/mol. The maximum Gasteiger partial charge on any atom is 0.315 e. The van der Waals surface area contributed by atoms with E-state index in [2.05, 4.69) is 0 Å². The average molecular weight is 481 g/mol. The van der Waals surface area contributed by atoms with Crippen LogP contribution >= 0.6 is 12.4 Å². The predicted molar refractivity (Wildman–Crippen MR) is 118 cm³/mol. The Hall–Kier alpha value is -3.77. The van der Waals surface area contributed by atoms with E-state index in [1.165, 1.54) is 24.3 Å². The van der Waals surface area contributed by atoms with E-state index in [1.807, 2.05) is 4.90 Å². The van der Waals surface area contributed by atoms with Gasteiger partial charge in [-0.15, -0.1) is 12.4 Å². The number of aromatic hydroxyl groups is 2. The molecule has 1 aliphatic heterocycles. The first-order valence-corrected chi connectivity index (χ1v) is 9.67. The number of carbonyl (C=O) groups is 2. The second kappa shape index (κ2) is 10.7. The molecule has 1 heterocycles. The Labute approximate surface area is 193 Å². The molecule has 0 aromatic heterocycles. The van der Waals surface area contributed by atoms with Gasteiger partial charge < -0.3 is 15.1 Å². The SMILES string of the molecule is Cl.O=C(CCN1CCN(C(=O)c2ccc([N+](=O)[O-])cc2)CC1)c1cc(O)c(O)c([N+](=O)[O-])c1. The molecule has 0 unspecified atom stereocenters. The molecule has 0 saturated carbocycles. The number of nitro benzene ring substituents is 2. The van der Waals surface area contributed by atoms with Crippen LogP contribution in [0.3, 0.4) is 0 Å². The molecule has 1 fully saturated rings. The highest BCUT2D eigenvalue weighted by Gasteiger charge is 2.24. The quantitative estimate of drug-likeness (QED) is 0.261. The fraction of sp³-hybridized carbons (Fsp3) is 0.300. The lowest BCUT2D eigenvalue weighted by Gasteiger charge is -2.34. The molecule has 13 heteroatoms. The number of nitrogens with zero attached hydrogens (tertiary/aromatic N) is 4. The first-order valence-electron chi connectivity index (χ1n) is 9.67. The Balaban J connectivity index is 0.00000385. The number of piperazine rings is 1. The third-order valence-electron chi connectivity index (χ3n) is 5.23. The van der Waals surface area contributed by atoms with Crippen LogP contribution in [0.5, 0.6) is 11.5 Å². The van der Waals surface area contributed by atoms with Crippen molar-refractivity contribution in [3.63, 3.8) is 0 Å². The molecule has 0 aliphatic carbocycles. The van der Waals surface area contributed by atoms with Gasteiger partial charge in [-0.05, 0) is 18.2 Å². The number of carbonyl (C=O) groups excluding carboxylic acids is 2. The fourth-order valence-corrected chi connectivity index (χ4v) is 3.39. The second-order valence-corrected chi connectivity index (χ2v) is 7.23. The molecule has 12 nitrogen and oxygen atoms in total. The summed E-state index contributed by atoms with van der Waals surface area (Å²) in [6, 6.07) is 7.31. The van der Waals surface area contributed by atoms with E-state index in [9.17, 15) is 40.0 Å². The van der Waals surface area contributed by atoms with E-state index in [1.54, 1.807) is 4.90 Å². The summed E-state index contributed by atoms with van der Waals surface area (Å²) in [5.41, 5.74) is -0.554. The fourth-order valence-electron chi connectivity index (χ4n) is 3.39. The van der Waals surface area contributed by atoms with E-state index < -0.39 is 32.8 Å². The molecule has 33 heavy (non-hydrogen) atoms. The number of rotatable bonds is 7. The van der Waals surface area contributed by atoms with E-state index in [0.29, 0.717) is 38.3 Å². The molecule has 1 aliphatic rings. The number of hydrogen-bond donors (Lipinski definition) is 2. The van der Waals surface area contributed by atoms with E-state index in [4.69, 9.17) is 0 Å². The Kier molecular flexibility index (Phi) is 8.26. The van der Waals surface area contributed by atoms with Gasteiger partial charge in [-0.1, -0.05) is 0 Å². The number of halogens is 1. The van der Waals surface area contributed by atoms with Gasteiger partial charge in [0.25, 0.3) is 11.6 Å². The van der Waals surface area contributed by atoms with E-state index >= 15 is 0 Å². The van der Waals surface area contributed by atoms with Gasteiger partial charge in [0.2, 0.25) is 5.75 Å².